The third-order valence-corrected chi connectivity index (χ3v) is 3.99. The van der Waals surface area contributed by atoms with Gasteiger partial charge in [0.05, 0.1) is 5.56 Å². The number of hydrogen-bond acceptors (Lipinski definition) is 3. The molecule has 2 aromatic carbocycles. The monoisotopic (exact) mass is 329 g/mol. The van der Waals surface area contributed by atoms with Crippen molar-refractivity contribution in [2.45, 2.75) is 19.6 Å². The number of hydrogen-bond donors (Lipinski definition) is 1. The standard InChI is InChI=1S/C18H16FNO4/c19-14-8-13-10-20(7-6-15(13)16(9-14)17(21)22)18(23)24-11-12-4-2-1-3-5-12/h1-5,8-9H,6-7,10-11H2,(H,21,22). The van der Waals surface area contributed by atoms with Crippen LogP contribution in [0, 0.1) is 5.82 Å². The Morgan fingerprint density at radius 3 is 2.67 bits per heavy atom. The molecule has 124 valence electrons. The number of aromatic carboxylic acids is 1. The molecule has 0 atom stereocenters. The van der Waals surface area contributed by atoms with Gasteiger partial charge in [0.25, 0.3) is 0 Å². The van der Waals surface area contributed by atoms with Gasteiger partial charge in [0.2, 0.25) is 0 Å². The van der Waals surface area contributed by atoms with Gasteiger partial charge in [-0.1, -0.05) is 30.3 Å². The normalized spacial score (nSPS) is 13.3. The third-order valence-electron chi connectivity index (χ3n) is 3.99. The number of carbonyl (C=O) groups is 2. The zero-order valence-corrected chi connectivity index (χ0v) is 12.9. The van der Waals surface area contributed by atoms with Crippen molar-refractivity contribution < 1.29 is 23.8 Å². The Morgan fingerprint density at radius 1 is 1.21 bits per heavy atom. The topological polar surface area (TPSA) is 66.8 Å². The zero-order valence-electron chi connectivity index (χ0n) is 12.9. The minimum Gasteiger partial charge on any atom is -0.478 e. The second-order valence-electron chi connectivity index (χ2n) is 5.61. The van der Waals surface area contributed by atoms with Crippen molar-refractivity contribution in [3.05, 3.63) is 70.5 Å². The molecule has 1 amide bonds. The van der Waals surface area contributed by atoms with E-state index in [1.807, 2.05) is 30.3 Å². The summed E-state index contributed by atoms with van der Waals surface area (Å²) in [4.78, 5) is 24.9. The maximum atomic E-state index is 13.6. The van der Waals surface area contributed by atoms with Crippen LogP contribution < -0.4 is 0 Å². The number of nitrogens with zero attached hydrogens (tertiary/aromatic N) is 1. The van der Waals surface area contributed by atoms with E-state index in [-0.39, 0.29) is 18.7 Å². The molecule has 24 heavy (non-hydrogen) atoms. The van der Waals surface area contributed by atoms with E-state index < -0.39 is 17.9 Å². The fourth-order valence-electron chi connectivity index (χ4n) is 2.82. The van der Waals surface area contributed by atoms with Crippen molar-refractivity contribution >= 4 is 12.1 Å². The van der Waals surface area contributed by atoms with Crippen LogP contribution in [0.2, 0.25) is 0 Å². The molecule has 0 unspecified atom stereocenters. The smallest absolute Gasteiger partial charge is 0.410 e. The molecule has 0 aliphatic carbocycles. The van der Waals surface area contributed by atoms with E-state index in [9.17, 15) is 19.1 Å². The summed E-state index contributed by atoms with van der Waals surface area (Å²) in [7, 11) is 0. The summed E-state index contributed by atoms with van der Waals surface area (Å²) in [6, 6.07) is 11.6. The van der Waals surface area contributed by atoms with Crippen LogP contribution in [0.5, 0.6) is 0 Å². The molecule has 0 radical (unpaired) electrons. The highest BCUT2D eigenvalue weighted by atomic mass is 19.1. The van der Waals surface area contributed by atoms with Crippen LogP contribution in [-0.2, 0) is 24.3 Å². The first-order valence-corrected chi connectivity index (χ1v) is 7.55. The number of carboxylic acid groups (broad SMARTS) is 1. The highest BCUT2D eigenvalue weighted by Crippen LogP contribution is 2.25. The van der Waals surface area contributed by atoms with Crippen molar-refractivity contribution in [3.63, 3.8) is 0 Å². The average molecular weight is 329 g/mol. The number of benzene rings is 2. The summed E-state index contributed by atoms with van der Waals surface area (Å²) in [5, 5.41) is 9.18. The number of amides is 1. The minimum absolute atomic E-state index is 0.0395. The molecule has 1 aliphatic rings. The molecule has 2 aromatic rings. The van der Waals surface area contributed by atoms with Gasteiger partial charge in [-0.15, -0.1) is 0 Å². The number of halogens is 1. The molecule has 6 heteroatoms. The van der Waals surface area contributed by atoms with Crippen LogP contribution >= 0.6 is 0 Å². The lowest BCUT2D eigenvalue weighted by Crippen LogP contribution is -2.37. The maximum Gasteiger partial charge on any atom is 0.410 e. The van der Waals surface area contributed by atoms with Gasteiger partial charge in [-0.3, -0.25) is 0 Å². The van der Waals surface area contributed by atoms with Crippen molar-refractivity contribution in [1.29, 1.82) is 0 Å². The molecule has 1 heterocycles. The van der Waals surface area contributed by atoms with E-state index in [0.29, 0.717) is 24.1 Å². The van der Waals surface area contributed by atoms with Gasteiger partial charge in [0.15, 0.2) is 0 Å². The van der Waals surface area contributed by atoms with Crippen LogP contribution in [0.4, 0.5) is 9.18 Å². The fourth-order valence-corrected chi connectivity index (χ4v) is 2.82. The first kappa shape index (κ1) is 16.0. The van der Waals surface area contributed by atoms with E-state index in [0.717, 1.165) is 11.6 Å². The highest BCUT2D eigenvalue weighted by molar-refractivity contribution is 5.90. The maximum absolute atomic E-state index is 13.6. The number of fused-ring (bicyclic) bond motifs is 1. The Hall–Kier alpha value is -2.89. The van der Waals surface area contributed by atoms with E-state index in [2.05, 4.69) is 0 Å². The van der Waals surface area contributed by atoms with E-state index in [1.165, 1.54) is 11.0 Å². The lowest BCUT2D eigenvalue weighted by atomic mass is 9.94. The van der Waals surface area contributed by atoms with Gasteiger partial charge in [0.1, 0.15) is 12.4 Å². The second kappa shape index (κ2) is 6.70. The number of ether oxygens (including phenoxy) is 1. The molecule has 0 saturated heterocycles. The van der Waals surface area contributed by atoms with Crippen molar-refractivity contribution in [2.24, 2.45) is 0 Å². The van der Waals surface area contributed by atoms with E-state index >= 15 is 0 Å². The lowest BCUT2D eigenvalue weighted by Gasteiger charge is -2.29. The molecular formula is C18H16FNO4. The molecule has 0 bridgehead atoms. The number of carboxylic acids is 1. The second-order valence-corrected chi connectivity index (χ2v) is 5.61. The van der Waals surface area contributed by atoms with Crippen LogP contribution in [-0.4, -0.2) is 28.6 Å². The molecule has 1 aliphatic heterocycles. The largest absolute Gasteiger partial charge is 0.478 e. The molecule has 5 nitrogen and oxygen atoms in total. The van der Waals surface area contributed by atoms with E-state index in [4.69, 9.17) is 4.74 Å². The van der Waals surface area contributed by atoms with Crippen molar-refractivity contribution in [2.75, 3.05) is 6.54 Å². The third kappa shape index (κ3) is 3.37. The first-order chi connectivity index (χ1) is 11.5. The Labute approximate surface area is 138 Å². The van der Waals surface area contributed by atoms with Gasteiger partial charge in [0, 0.05) is 13.1 Å². The summed E-state index contributed by atoms with van der Waals surface area (Å²) in [6.45, 7) is 0.639. The lowest BCUT2D eigenvalue weighted by molar-refractivity contribution is 0.0693. The molecular weight excluding hydrogens is 313 g/mol. The van der Waals surface area contributed by atoms with Gasteiger partial charge in [-0.25, -0.2) is 14.0 Å². The van der Waals surface area contributed by atoms with E-state index in [1.54, 1.807) is 0 Å². The summed E-state index contributed by atoms with van der Waals surface area (Å²) >= 11 is 0. The summed E-state index contributed by atoms with van der Waals surface area (Å²) < 4.78 is 18.9. The van der Waals surface area contributed by atoms with Gasteiger partial charge >= 0.3 is 12.1 Å². The quantitative estimate of drug-likeness (QED) is 0.939. The van der Waals surface area contributed by atoms with Gasteiger partial charge in [-0.2, -0.15) is 0 Å². The predicted molar refractivity (Wildman–Crippen MR) is 84.1 cm³/mol. The predicted octanol–water partition coefficient (Wildman–Crippen LogP) is 3.22. The van der Waals surface area contributed by atoms with Crippen LogP contribution in [0.25, 0.3) is 0 Å². The van der Waals surface area contributed by atoms with Crippen molar-refractivity contribution in [1.82, 2.24) is 4.90 Å². The Balaban J connectivity index is 1.70. The SMILES string of the molecule is O=C(O)c1cc(F)cc2c1CCN(C(=O)OCc1ccccc1)C2. The Kier molecular flexibility index (Phi) is 4.46. The number of carbonyl (C=O) groups excluding carboxylic acids is 1. The Morgan fingerprint density at radius 2 is 1.96 bits per heavy atom. The minimum atomic E-state index is -1.16. The molecule has 3 rings (SSSR count). The molecule has 0 spiro atoms. The van der Waals surface area contributed by atoms with Crippen molar-refractivity contribution in [3.8, 4) is 0 Å². The summed E-state index contributed by atoms with van der Waals surface area (Å²) in [5.41, 5.74) is 1.93. The van der Waals surface area contributed by atoms with Crippen LogP contribution in [0.1, 0.15) is 27.0 Å². The highest BCUT2D eigenvalue weighted by Gasteiger charge is 2.26. The van der Waals surface area contributed by atoms with Crippen LogP contribution in [0.15, 0.2) is 42.5 Å². The zero-order chi connectivity index (χ0) is 17.1. The molecule has 0 fully saturated rings. The molecule has 0 saturated carbocycles. The average Bonchev–Trinajstić information content (AvgIpc) is 2.59. The first-order valence-electron chi connectivity index (χ1n) is 7.55. The van der Waals surface area contributed by atoms with Crippen LogP contribution in [0.3, 0.4) is 0 Å². The number of rotatable bonds is 3. The molecule has 0 aromatic heterocycles. The summed E-state index contributed by atoms with van der Waals surface area (Å²) in [6.07, 6.45) is -0.136. The Bertz CT molecular complexity index is 776. The van der Waals surface area contributed by atoms with Gasteiger partial charge < -0.3 is 14.7 Å². The fraction of sp³-hybridized carbons (Fsp3) is 0.222. The van der Waals surface area contributed by atoms with Gasteiger partial charge in [-0.05, 0) is 35.2 Å². The molecule has 1 N–H and O–H groups in total. The summed E-state index contributed by atoms with van der Waals surface area (Å²) in [5.74, 6) is -1.78.